The van der Waals surface area contributed by atoms with Gasteiger partial charge in [0.05, 0.1) is 17.7 Å². The molecule has 8 nitrogen and oxygen atoms in total. The highest BCUT2D eigenvalue weighted by Crippen LogP contribution is 2.27. The van der Waals surface area contributed by atoms with Crippen LogP contribution in [0, 0.1) is 15.9 Å². The van der Waals surface area contributed by atoms with Crippen LogP contribution in [0.25, 0.3) is 5.65 Å². The van der Waals surface area contributed by atoms with E-state index in [-0.39, 0.29) is 29.4 Å². The number of nitro benzene ring substituents is 1. The summed E-state index contributed by atoms with van der Waals surface area (Å²) >= 11 is 0. The number of hydrogen-bond donors (Lipinski definition) is 1. The number of pyridine rings is 1. The summed E-state index contributed by atoms with van der Waals surface area (Å²) in [5.41, 5.74) is 1.19. The molecule has 0 aliphatic rings. The first-order valence-electron chi connectivity index (χ1n) is 7.71. The molecule has 9 heteroatoms. The highest BCUT2D eigenvalue weighted by molar-refractivity contribution is 5.95. The fourth-order valence-electron chi connectivity index (χ4n) is 2.52. The van der Waals surface area contributed by atoms with Crippen molar-refractivity contribution in [1.82, 2.24) is 14.7 Å². The number of nitrogens with one attached hydrogen (secondary N) is 1. The molecule has 0 radical (unpaired) electrons. The lowest BCUT2D eigenvalue weighted by atomic mass is 10.1. The lowest BCUT2D eigenvalue weighted by Crippen LogP contribution is -2.25. The van der Waals surface area contributed by atoms with Gasteiger partial charge >= 0.3 is 5.69 Å². The Hall–Kier alpha value is -3.49. The maximum atomic E-state index is 13.2. The van der Waals surface area contributed by atoms with Gasteiger partial charge in [-0.05, 0) is 24.3 Å². The highest BCUT2D eigenvalue weighted by Gasteiger charge is 2.18. The normalized spacial score (nSPS) is 10.7. The molecule has 0 spiro atoms. The average molecular weight is 358 g/mol. The molecule has 1 amide bonds. The number of benzene rings is 1. The molecule has 0 aliphatic heterocycles. The zero-order chi connectivity index (χ0) is 18.7. The van der Waals surface area contributed by atoms with Crippen molar-refractivity contribution in [3.8, 4) is 5.75 Å². The molecule has 1 N–H and O–H groups in total. The molecule has 3 aromatic rings. The Morgan fingerprint density at radius 1 is 1.35 bits per heavy atom. The lowest BCUT2D eigenvalue weighted by Gasteiger charge is -2.06. The molecule has 26 heavy (non-hydrogen) atoms. The van der Waals surface area contributed by atoms with E-state index in [2.05, 4.69) is 10.3 Å². The second-order valence-electron chi connectivity index (χ2n) is 5.49. The van der Waals surface area contributed by atoms with Gasteiger partial charge in [-0.2, -0.15) is 0 Å². The molecule has 0 bridgehead atoms. The molecule has 0 fully saturated rings. The van der Waals surface area contributed by atoms with Crippen LogP contribution in [0.4, 0.5) is 10.1 Å². The zero-order valence-corrected chi connectivity index (χ0v) is 13.8. The summed E-state index contributed by atoms with van der Waals surface area (Å²) in [7, 11) is 1.32. The van der Waals surface area contributed by atoms with Crippen molar-refractivity contribution >= 4 is 17.2 Å². The number of nitro groups is 1. The van der Waals surface area contributed by atoms with E-state index >= 15 is 0 Å². The molecule has 0 saturated carbocycles. The van der Waals surface area contributed by atoms with E-state index in [1.165, 1.54) is 37.6 Å². The molecule has 0 atom stereocenters. The molecule has 0 saturated heterocycles. The maximum Gasteiger partial charge on any atom is 0.311 e. The van der Waals surface area contributed by atoms with Crippen LogP contribution >= 0.6 is 0 Å². The predicted molar refractivity (Wildman–Crippen MR) is 90.8 cm³/mol. The summed E-state index contributed by atoms with van der Waals surface area (Å²) in [4.78, 5) is 26.9. The van der Waals surface area contributed by atoms with Gasteiger partial charge in [0.15, 0.2) is 5.75 Å². The molecule has 1 aromatic carbocycles. The van der Waals surface area contributed by atoms with Crippen LogP contribution in [0.5, 0.6) is 5.75 Å². The van der Waals surface area contributed by atoms with Crippen molar-refractivity contribution in [3.63, 3.8) is 0 Å². The molecule has 134 valence electrons. The first kappa shape index (κ1) is 17.3. The van der Waals surface area contributed by atoms with Gasteiger partial charge in [-0.1, -0.05) is 0 Å². The minimum atomic E-state index is -0.606. The van der Waals surface area contributed by atoms with E-state index in [9.17, 15) is 19.3 Å². The SMILES string of the molecule is COc1ccc(C(=O)NCCc2cn3cc(F)ccc3n2)cc1[N+](=O)[O-]. The van der Waals surface area contributed by atoms with Crippen molar-refractivity contribution in [2.75, 3.05) is 13.7 Å². The summed E-state index contributed by atoms with van der Waals surface area (Å²) in [6, 6.07) is 6.89. The van der Waals surface area contributed by atoms with Crippen LogP contribution in [-0.2, 0) is 6.42 Å². The van der Waals surface area contributed by atoms with Crippen LogP contribution in [-0.4, -0.2) is 33.9 Å². The molecule has 2 heterocycles. The van der Waals surface area contributed by atoms with Gasteiger partial charge in [0, 0.05) is 37.0 Å². The summed E-state index contributed by atoms with van der Waals surface area (Å²) in [6.07, 6.45) is 3.44. The summed E-state index contributed by atoms with van der Waals surface area (Å²) < 4.78 is 19.6. The Kier molecular flexibility index (Phi) is 4.78. The van der Waals surface area contributed by atoms with Crippen LogP contribution in [0.2, 0.25) is 0 Å². The van der Waals surface area contributed by atoms with E-state index in [1.54, 1.807) is 16.7 Å². The Labute approximate surface area is 147 Å². The Bertz CT molecular complexity index is 986. The predicted octanol–water partition coefficient (Wildman–Crippen LogP) is 2.36. The number of halogens is 1. The van der Waals surface area contributed by atoms with Gasteiger partial charge in [0.2, 0.25) is 0 Å². The number of ether oxygens (including phenoxy) is 1. The van der Waals surface area contributed by atoms with Gasteiger partial charge in [-0.3, -0.25) is 14.9 Å². The number of fused-ring (bicyclic) bond motifs is 1. The van der Waals surface area contributed by atoms with Gasteiger partial charge in [0.1, 0.15) is 11.5 Å². The van der Waals surface area contributed by atoms with Crippen molar-refractivity contribution < 1.29 is 18.8 Å². The molecular formula is C17H15FN4O4. The van der Waals surface area contributed by atoms with E-state index in [4.69, 9.17) is 4.74 Å². The van der Waals surface area contributed by atoms with Crippen LogP contribution in [0.15, 0.2) is 42.7 Å². The Balaban J connectivity index is 1.64. The molecule has 3 rings (SSSR count). The second-order valence-corrected chi connectivity index (χ2v) is 5.49. The summed E-state index contributed by atoms with van der Waals surface area (Å²) in [6.45, 7) is 0.283. The largest absolute Gasteiger partial charge is 0.490 e. The molecule has 2 aromatic heterocycles. The number of amides is 1. The monoisotopic (exact) mass is 358 g/mol. The van der Waals surface area contributed by atoms with Crippen molar-refractivity contribution in [3.05, 3.63) is 69.9 Å². The minimum Gasteiger partial charge on any atom is -0.490 e. The molecular weight excluding hydrogens is 343 g/mol. The first-order chi connectivity index (χ1) is 12.5. The third-order valence-corrected chi connectivity index (χ3v) is 3.77. The van der Waals surface area contributed by atoms with Crippen molar-refractivity contribution in [1.29, 1.82) is 0 Å². The van der Waals surface area contributed by atoms with Gasteiger partial charge in [-0.15, -0.1) is 0 Å². The minimum absolute atomic E-state index is 0.0866. The van der Waals surface area contributed by atoms with E-state index < -0.39 is 10.8 Å². The lowest BCUT2D eigenvalue weighted by molar-refractivity contribution is -0.385. The van der Waals surface area contributed by atoms with Crippen LogP contribution in [0.3, 0.4) is 0 Å². The second kappa shape index (κ2) is 7.18. The first-order valence-corrected chi connectivity index (χ1v) is 7.71. The van der Waals surface area contributed by atoms with E-state index in [1.807, 2.05) is 0 Å². The summed E-state index contributed by atoms with van der Waals surface area (Å²) in [5, 5.41) is 13.7. The van der Waals surface area contributed by atoms with Crippen LogP contribution in [0.1, 0.15) is 16.1 Å². The maximum absolute atomic E-state index is 13.2. The van der Waals surface area contributed by atoms with Crippen molar-refractivity contribution in [2.24, 2.45) is 0 Å². The fourth-order valence-corrected chi connectivity index (χ4v) is 2.52. The number of rotatable bonds is 6. The smallest absolute Gasteiger partial charge is 0.311 e. The standard InChI is InChI=1S/C17H15FN4O4/c1-26-15-4-2-11(8-14(15)22(24)25)17(23)19-7-6-13-10-21-9-12(18)3-5-16(21)20-13/h2-5,8-10H,6-7H2,1H3,(H,19,23). The zero-order valence-electron chi connectivity index (χ0n) is 13.8. The number of carbonyl (C=O) groups is 1. The average Bonchev–Trinajstić information content (AvgIpc) is 3.02. The van der Waals surface area contributed by atoms with Gasteiger partial charge in [0.25, 0.3) is 5.91 Å². The van der Waals surface area contributed by atoms with Crippen molar-refractivity contribution in [2.45, 2.75) is 6.42 Å². The third kappa shape index (κ3) is 3.61. The topological polar surface area (TPSA) is 98.8 Å². The Morgan fingerprint density at radius 3 is 2.88 bits per heavy atom. The molecule has 0 aliphatic carbocycles. The number of hydrogen-bond acceptors (Lipinski definition) is 5. The summed E-state index contributed by atoms with van der Waals surface area (Å²) in [5.74, 6) is -0.718. The molecule has 0 unspecified atom stereocenters. The fraction of sp³-hybridized carbons (Fsp3) is 0.176. The highest BCUT2D eigenvalue weighted by atomic mass is 19.1. The van der Waals surface area contributed by atoms with E-state index in [0.717, 1.165) is 0 Å². The van der Waals surface area contributed by atoms with Crippen LogP contribution < -0.4 is 10.1 Å². The van der Waals surface area contributed by atoms with E-state index in [0.29, 0.717) is 17.8 Å². The third-order valence-electron chi connectivity index (χ3n) is 3.77. The van der Waals surface area contributed by atoms with Gasteiger partial charge in [-0.25, -0.2) is 9.37 Å². The number of carbonyl (C=O) groups excluding carboxylic acids is 1. The quantitative estimate of drug-likeness (QED) is 0.539. The number of imidazole rings is 1. The number of methoxy groups -OCH3 is 1. The number of aromatic nitrogens is 2. The number of nitrogens with zero attached hydrogens (tertiary/aromatic N) is 3. The Morgan fingerprint density at radius 2 is 2.15 bits per heavy atom. The van der Waals surface area contributed by atoms with Gasteiger partial charge < -0.3 is 14.5 Å².